The van der Waals surface area contributed by atoms with E-state index in [1.54, 1.807) is 31.2 Å². The minimum atomic E-state index is -1.03. The fourth-order valence-corrected chi connectivity index (χ4v) is 2.54. The molecule has 5 heteroatoms. The second kappa shape index (κ2) is 6.13. The number of rotatable bonds is 5. The van der Waals surface area contributed by atoms with Crippen LogP contribution in [0, 0.1) is 5.92 Å². The molecule has 0 saturated carbocycles. The van der Waals surface area contributed by atoms with Gasteiger partial charge in [0.25, 0.3) is 0 Å². The van der Waals surface area contributed by atoms with E-state index in [1.807, 2.05) is 13.8 Å². The number of allylic oxidation sites excluding steroid dienone is 2. The molecule has 1 aromatic carbocycles. The smallest absolute Gasteiger partial charge is 0.326 e. The van der Waals surface area contributed by atoms with Gasteiger partial charge in [0.1, 0.15) is 6.04 Å². The summed E-state index contributed by atoms with van der Waals surface area (Å²) in [6.45, 7) is 5.36. The van der Waals surface area contributed by atoms with Gasteiger partial charge in [0.15, 0.2) is 5.78 Å². The Hall–Kier alpha value is -2.43. The van der Waals surface area contributed by atoms with Gasteiger partial charge in [0, 0.05) is 16.7 Å². The van der Waals surface area contributed by atoms with Crippen molar-refractivity contribution in [3.63, 3.8) is 0 Å². The monoisotopic (exact) mass is 301 g/mol. The summed E-state index contributed by atoms with van der Waals surface area (Å²) in [5.74, 6) is -1.46. The normalized spacial score (nSPS) is 15.8. The standard InChI is InChI=1S/C17H19NO4/c1-9(2)8-13(17(21)22)18-14-10(3)15(19)11-6-4-5-7-12(11)16(14)20/h4-7,9,13,18H,8H2,1-3H3,(H,21,22)/t13-/m0/s1. The van der Waals surface area contributed by atoms with E-state index in [2.05, 4.69) is 5.32 Å². The maximum absolute atomic E-state index is 12.6. The number of Topliss-reactive ketones (excluding diaryl/α,β-unsaturated/α-hetero) is 2. The Kier molecular flexibility index (Phi) is 4.45. The molecule has 1 aliphatic carbocycles. The van der Waals surface area contributed by atoms with Crippen LogP contribution in [0.1, 0.15) is 47.9 Å². The predicted molar refractivity (Wildman–Crippen MR) is 81.8 cm³/mol. The highest BCUT2D eigenvalue weighted by Gasteiger charge is 2.32. The lowest BCUT2D eigenvalue weighted by atomic mass is 9.87. The average molecular weight is 301 g/mol. The van der Waals surface area contributed by atoms with E-state index in [0.29, 0.717) is 17.5 Å². The van der Waals surface area contributed by atoms with Crippen LogP contribution in [-0.4, -0.2) is 28.7 Å². The summed E-state index contributed by atoms with van der Waals surface area (Å²) in [6.07, 6.45) is 0.370. The highest BCUT2D eigenvalue weighted by Crippen LogP contribution is 2.25. The minimum absolute atomic E-state index is 0.0942. The summed E-state index contributed by atoms with van der Waals surface area (Å²) in [5.41, 5.74) is 1.04. The second-order valence-corrected chi connectivity index (χ2v) is 5.87. The van der Waals surface area contributed by atoms with Crippen molar-refractivity contribution in [3.8, 4) is 0 Å². The van der Waals surface area contributed by atoms with Gasteiger partial charge in [-0.25, -0.2) is 4.79 Å². The maximum atomic E-state index is 12.6. The molecule has 0 aromatic heterocycles. The molecule has 0 aliphatic heterocycles. The maximum Gasteiger partial charge on any atom is 0.326 e. The molecule has 5 nitrogen and oxygen atoms in total. The van der Waals surface area contributed by atoms with Crippen molar-refractivity contribution in [2.24, 2.45) is 5.92 Å². The van der Waals surface area contributed by atoms with E-state index in [0.717, 1.165) is 0 Å². The van der Waals surface area contributed by atoms with Crippen LogP contribution in [-0.2, 0) is 4.79 Å². The molecule has 1 aliphatic rings. The molecule has 0 unspecified atom stereocenters. The van der Waals surface area contributed by atoms with E-state index in [4.69, 9.17) is 0 Å². The first-order valence-electron chi connectivity index (χ1n) is 7.21. The molecule has 0 fully saturated rings. The van der Waals surface area contributed by atoms with E-state index in [1.165, 1.54) is 0 Å². The zero-order valence-corrected chi connectivity index (χ0v) is 12.8. The van der Waals surface area contributed by atoms with E-state index in [9.17, 15) is 19.5 Å². The third-order valence-electron chi connectivity index (χ3n) is 3.68. The van der Waals surface area contributed by atoms with Crippen molar-refractivity contribution < 1.29 is 19.5 Å². The summed E-state index contributed by atoms with van der Waals surface area (Å²) in [4.78, 5) is 36.3. The summed E-state index contributed by atoms with van der Waals surface area (Å²) in [6, 6.07) is 5.69. The summed E-state index contributed by atoms with van der Waals surface area (Å²) < 4.78 is 0. The van der Waals surface area contributed by atoms with Crippen molar-refractivity contribution in [1.82, 2.24) is 5.32 Å². The molecule has 0 bridgehead atoms. The Morgan fingerprint density at radius 1 is 1.14 bits per heavy atom. The average Bonchev–Trinajstić information content (AvgIpc) is 2.47. The van der Waals surface area contributed by atoms with Crippen molar-refractivity contribution in [2.45, 2.75) is 33.2 Å². The summed E-state index contributed by atoms with van der Waals surface area (Å²) in [7, 11) is 0. The minimum Gasteiger partial charge on any atom is -0.480 e. The van der Waals surface area contributed by atoms with E-state index >= 15 is 0 Å². The first-order chi connectivity index (χ1) is 10.3. The van der Waals surface area contributed by atoms with Gasteiger partial charge in [-0.2, -0.15) is 0 Å². The second-order valence-electron chi connectivity index (χ2n) is 5.87. The highest BCUT2D eigenvalue weighted by molar-refractivity contribution is 6.26. The Bertz CT molecular complexity index is 673. The van der Waals surface area contributed by atoms with Crippen LogP contribution in [0.3, 0.4) is 0 Å². The Morgan fingerprint density at radius 3 is 2.18 bits per heavy atom. The van der Waals surface area contributed by atoms with Crippen molar-refractivity contribution in [2.75, 3.05) is 0 Å². The molecule has 2 N–H and O–H groups in total. The van der Waals surface area contributed by atoms with Gasteiger partial charge < -0.3 is 10.4 Å². The molecule has 0 radical (unpaired) electrons. The Morgan fingerprint density at radius 2 is 1.68 bits per heavy atom. The number of hydrogen-bond donors (Lipinski definition) is 2. The molecule has 22 heavy (non-hydrogen) atoms. The van der Waals surface area contributed by atoms with Gasteiger partial charge in [0.2, 0.25) is 5.78 Å². The zero-order valence-electron chi connectivity index (χ0n) is 12.8. The summed E-state index contributed by atoms with van der Waals surface area (Å²) in [5, 5.41) is 12.1. The van der Waals surface area contributed by atoms with Gasteiger partial charge in [-0.3, -0.25) is 9.59 Å². The van der Waals surface area contributed by atoms with Crippen LogP contribution in [0.4, 0.5) is 0 Å². The number of hydrogen-bond acceptors (Lipinski definition) is 4. The molecule has 0 heterocycles. The lowest BCUT2D eigenvalue weighted by molar-refractivity contribution is -0.139. The molecule has 1 aromatic rings. The Balaban J connectivity index is 2.38. The number of nitrogens with one attached hydrogen (secondary N) is 1. The largest absolute Gasteiger partial charge is 0.480 e. The van der Waals surface area contributed by atoms with Crippen molar-refractivity contribution in [1.29, 1.82) is 0 Å². The molecule has 1 atom stereocenters. The highest BCUT2D eigenvalue weighted by atomic mass is 16.4. The number of fused-ring (bicyclic) bond motifs is 1. The van der Waals surface area contributed by atoms with Gasteiger partial charge in [-0.1, -0.05) is 38.1 Å². The van der Waals surface area contributed by atoms with Crippen LogP contribution >= 0.6 is 0 Å². The molecule has 2 rings (SSSR count). The molecule has 0 spiro atoms. The first kappa shape index (κ1) is 15.9. The van der Waals surface area contributed by atoms with Crippen molar-refractivity contribution in [3.05, 3.63) is 46.7 Å². The van der Waals surface area contributed by atoms with Gasteiger partial charge in [0.05, 0.1) is 5.70 Å². The fourth-order valence-electron chi connectivity index (χ4n) is 2.54. The molecule has 116 valence electrons. The Labute approximate surface area is 129 Å². The number of carbonyl (C=O) groups excluding carboxylic acids is 2. The molecular formula is C17H19NO4. The summed E-state index contributed by atoms with van der Waals surface area (Å²) >= 11 is 0. The van der Waals surface area contributed by atoms with Crippen molar-refractivity contribution >= 4 is 17.5 Å². The number of ketones is 2. The SMILES string of the molecule is CC1=C(N[C@@H](CC(C)C)C(=O)O)C(=O)c2ccccc2C1=O. The molecule has 0 amide bonds. The third kappa shape index (κ3) is 2.93. The first-order valence-corrected chi connectivity index (χ1v) is 7.21. The van der Waals surface area contributed by atoms with Crippen LogP contribution in [0.5, 0.6) is 0 Å². The van der Waals surface area contributed by atoms with Crippen LogP contribution < -0.4 is 5.32 Å². The van der Waals surface area contributed by atoms with E-state index in [-0.39, 0.29) is 28.8 Å². The lowest BCUT2D eigenvalue weighted by Gasteiger charge is -2.24. The molecular weight excluding hydrogens is 282 g/mol. The number of carbonyl (C=O) groups is 3. The number of benzene rings is 1. The number of aliphatic carboxylic acids is 1. The quantitative estimate of drug-likeness (QED) is 0.872. The van der Waals surface area contributed by atoms with Gasteiger partial charge in [-0.15, -0.1) is 0 Å². The topological polar surface area (TPSA) is 83.5 Å². The lowest BCUT2D eigenvalue weighted by Crippen LogP contribution is -2.41. The van der Waals surface area contributed by atoms with Crippen LogP contribution in [0.15, 0.2) is 35.5 Å². The zero-order chi connectivity index (χ0) is 16.4. The molecule has 0 saturated heterocycles. The van der Waals surface area contributed by atoms with Gasteiger partial charge >= 0.3 is 5.97 Å². The number of carboxylic acid groups (broad SMARTS) is 1. The number of carboxylic acids is 1. The van der Waals surface area contributed by atoms with Crippen LogP contribution in [0.25, 0.3) is 0 Å². The van der Waals surface area contributed by atoms with E-state index < -0.39 is 12.0 Å². The predicted octanol–water partition coefficient (Wildman–Crippen LogP) is 2.43. The fraction of sp³-hybridized carbons (Fsp3) is 0.353. The third-order valence-corrected chi connectivity index (χ3v) is 3.68. The van der Waals surface area contributed by atoms with Gasteiger partial charge in [-0.05, 0) is 19.3 Å². The van der Waals surface area contributed by atoms with Crippen LogP contribution in [0.2, 0.25) is 0 Å².